The van der Waals surface area contributed by atoms with Crippen molar-refractivity contribution in [2.24, 2.45) is 11.8 Å². The van der Waals surface area contributed by atoms with Gasteiger partial charge in [0, 0.05) is 24.0 Å². The average molecular weight is 351 g/mol. The second-order valence-electron chi connectivity index (χ2n) is 6.27. The number of carbonyl (C=O) groups excluding carboxylic acids is 1. The molecule has 0 bridgehead atoms. The second-order valence-corrected chi connectivity index (χ2v) is 7.18. The molecule has 0 spiro atoms. The molecular weight excluding hydrogens is 328 g/mol. The van der Waals surface area contributed by atoms with Gasteiger partial charge in [-0.05, 0) is 61.9 Å². The molecule has 2 fully saturated rings. The van der Waals surface area contributed by atoms with Gasteiger partial charge in [0.1, 0.15) is 0 Å². The predicted octanol–water partition coefficient (Wildman–Crippen LogP) is 2.84. The molecule has 0 radical (unpaired) electrons. The van der Waals surface area contributed by atoms with Crippen molar-refractivity contribution < 1.29 is 4.79 Å². The van der Waals surface area contributed by atoms with Crippen LogP contribution >= 0.6 is 15.9 Å². The summed E-state index contributed by atoms with van der Waals surface area (Å²) in [6.07, 6.45) is 3.80. The Morgan fingerprint density at radius 1 is 1.24 bits per heavy atom. The fourth-order valence-corrected chi connectivity index (χ4v) is 4.02. The topological polar surface area (TPSA) is 32.3 Å². The van der Waals surface area contributed by atoms with E-state index in [0.717, 1.165) is 48.9 Å². The molecule has 114 valence electrons. The highest BCUT2D eigenvalue weighted by atomic mass is 79.9. The number of likely N-dealkylation sites (tertiary alicyclic amines) is 1. The van der Waals surface area contributed by atoms with Gasteiger partial charge in [-0.3, -0.25) is 4.79 Å². The van der Waals surface area contributed by atoms with Gasteiger partial charge < -0.3 is 10.2 Å². The van der Waals surface area contributed by atoms with E-state index >= 15 is 0 Å². The van der Waals surface area contributed by atoms with Crippen molar-refractivity contribution in [2.75, 3.05) is 26.2 Å². The van der Waals surface area contributed by atoms with Crippen LogP contribution in [-0.2, 0) is 11.2 Å². The fraction of sp³-hybridized carbons (Fsp3) is 0.588. The summed E-state index contributed by atoms with van der Waals surface area (Å²) in [7, 11) is 0. The summed E-state index contributed by atoms with van der Waals surface area (Å²) in [6, 6.07) is 8.25. The normalized spacial score (nSPS) is 25.5. The van der Waals surface area contributed by atoms with Crippen LogP contribution in [-0.4, -0.2) is 37.0 Å². The van der Waals surface area contributed by atoms with E-state index in [0.29, 0.717) is 12.3 Å². The molecule has 1 aromatic carbocycles. The van der Waals surface area contributed by atoms with Crippen LogP contribution in [0.25, 0.3) is 0 Å². The van der Waals surface area contributed by atoms with Crippen LogP contribution in [0.5, 0.6) is 0 Å². The van der Waals surface area contributed by atoms with E-state index in [4.69, 9.17) is 0 Å². The van der Waals surface area contributed by atoms with Gasteiger partial charge in [-0.15, -0.1) is 0 Å². The minimum Gasteiger partial charge on any atom is -0.343 e. The van der Waals surface area contributed by atoms with Crippen LogP contribution < -0.4 is 5.32 Å². The first-order chi connectivity index (χ1) is 10.2. The molecule has 4 heteroatoms. The molecule has 0 aromatic heterocycles. The van der Waals surface area contributed by atoms with Crippen molar-refractivity contribution in [1.82, 2.24) is 10.2 Å². The SMILES string of the molecule is O=C(CCc1cccc(Br)c1)N1CC[C@@H]2CNC[C@@H]2CC1. The van der Waals surface area contributed by atoms with Gasteiger partial charge in [0.2, 0.25) is 5.91 Å². The monoisotopic (exact) mass is 350 g/mol. The van der Waals surface area contributed by atoms with Gasteiger partial charge in [-0.2, -0.15) is 0 Å². The zero-order chi connectivity index (χ0) is 14.7. The maximum absolute atomic E-state index is 12.4. The highest BCUT2D eigenvalue weighted by Crippen LogP contribution is 2.27. The third kappa shape index (κ3) is 3.86. The molecule has 0 unspecified atom stereocenters. The number of nitrogens with one attached hydrogen (secondary N) is 1. The summed E-state index contributed by atoms with van der Waals surface area (Å²) < 4.78 is 1.09. The van der Waals surface area contributed by atoms with Crippen LogP contribution in [0.1, 0.15) is 24.8 Å². The summed E-state index contributed by atoms with van der Waals surface area (Å²) in [5.41, 5.74) is 1.23. The highest BCUT2D eigenvalue weighted by Gasteiger charge is 2.31. The lowest BCUT2D eigenvalue weighted by Gasteiger charge is -2.21. The summed E-state index contributed by atoms with van der Waals surface area (Å²) in [4.78, 5) is 14.5. The number of nitrogens with zero attached hydrogens (tertiary/aromatic N) is 1. The van der Waals surface area contributed by atoms with E-state index in [2.05, 4.69) is 38.3 Å². The molecule has 1 amide bonds. The summed E-state index contributed by atoms with van der Waals surface area (Å²) in [5.74, 6) is 1.89. The van der Waals surface area contributed by atoms with Crippen molar-refractivity contribution in [3.05, 3.63) is 34.3 Å². The molecule has 3 nitrogen and oxygen atoms in total. The summed E-state index contributed by atoms with van der Waals surface area (Å²) in [6.45, 7) is 4.18. The fourth-order valence-electron chi connectivity index (χ4n) is 3.57. The highest BCUT2D eigenvalue weighted by molar-refractivity contribution is 9.10. The minimum absolute atomic E-state index is 0.322. The Labute approximate surface area is 135 Å². The minimum atomic E-state index is 0.322. The van der Waals surface area contributed by atoms with Gasteiger partial charge in [0.15, 0.2) is 0 Å². The molecule has 2 heterocycles. The Hall–Kier alpha value is -0.870. The Bertz CT molecular complexity index is 491. The predicted molar refractivity (Wildman–Crippen MR) is 88.1 cm³/mol. The first-order valence-corrected chi connectivity index (χ1v) is 8.74. The Balaban J connectivity index is 1.51. The van der Waals surface area contributed by atoms with Gasteiger partial charge in [0.25, 0.3) is 0 Å². The molecular formula is C17H23BrN2O. The molecule has 1 aromatic rings. The number of hydrogen-bond donors (Lipinski definition) is 1. The lowest BCUT2D eigenvalue weighted by molar-refractivity contribution is -0.131. The molecule has 0 aliphatic carbocycles. The van der Waals surface area contributed by atoms with Gasteiger partial charge >= 0.3 is 0 Å². The molecule has 2 aliphatic rings. The number of amides is 1. The van der Waals surface area contributed by atoms with Crippen molar-refractivity contribution >= 4 is 21.8 Å². The summed E-state index contributed by atoms with van der Waals surface area (Å²) >= 11 is 3.48. The summed E-state index contributed by atoms with van der Waals surface area (Å²) in [5, 5.41) is 3.48. The van der Waals surface area contributed by atoms with Crippen LogP contribution in [0.4, 0.5) is 0 Å². The van der Waals surface area contributed by atoms with Crippen molar-refractivity contribution in [1.29, 1.82) is 0 Å². The molecule has 2 atom stereocenters. The smallest absolute Gasteiger partial charge is 0.222 e. The van der Waals surface area contributed by atoms with E-state index in [1.807, 2.05) is 12.1 Å². The van der Waals surface area contributed by atoms with E-state index in [1.54, 1.807) is 0 Å². The van der Waals surface area contributed by atoms with Crippen LogP contribution in [0.15, 0.2) is 28.7 Å². The van der Waals surface area contributed by atoms with Crippen molar-refractivity contribution in [3.63, 3.8) is 0 Å². The van der Waals surface area contributed by atoms with Crippen LogP contribution in [0.2, 0.25) is 0 Å². The molecule has 0 saturated carbocycles. The van der Waals surface area contributed by atoms with E-state index in [9.17, 15) is 4.79 Å². The van der Waals surface area contributed by atoms with Gasteiger partial charge in [-0.25, -0.2) is 0 Å². The second kappa shape index (κ2) is 6.93. The standard InChI is InChI=1S/C17H23BrN2O/c18-16-3-1-2-13(10-16)4-5-17(21)20-8-6-14-11-19-12-15(14)7-9-20/h1-3,10,14-15,19H,4-9,11-12H2/t14-,15+. The quantitative estimate of drug-likeness (QED) is 0.908. The van der Waals surface area contributed by atoms with E-state index < -0.39 is 0 Å². The number of rotatable bonds is 3. The maximum Gasteiger partial charge on any atom is 0.222 e. The molecule has 2 aliphatic heterocycles. The number of aryl methyl sites for hydroxylation is 1. The Morgan fingerprint density at radius 3 is 2.62 bits per heavy atom. The molecule has 3 rings (SSSR count). The van der Waals surface area contributed by atoms with Crippen molar-refractivity contribution in [3.8, 4) is 0 Å². The van der Waals surface area contributed by atoms with Gasteiger partial charge in [-0.1, -0.05) is 28.1 Å². The van der Waals surface area contributed by atoms with Crippen LogP contribution in [0, 0.1) is 11.8 Å². The first-order valence-electron chi connectivity index (χ1n) is 7.95. The molecule has 2 saturated heterocycles. The van der Waals surface area contributed by atoms with Crippen LogP contribution in [0.3, 0.4) is 0 Å². The number of carbonyl (C=O) groups is 1. The third-order valence-electron chi connectivity index (χ3n) is 4.89. The molecule has 21 heavy (non-hydrogen) atoms. The third-order valence-corrected chi connectivity index (χ3v) is 5.38. The Kier molecular flexibility index (Phi) is 4.96. The number of benzene rings is 1. The van der Waals surface area contributed by atoms with Crippen molar-refractivity contribution in [2.45, 2.75) is 25.7 Å². The lowest BCUT2D eigenvalue weighted by atomic mass is 9.92. The first kappa shape index (κ1) is 15.0. The Morgan fingerprint density at radius 2 is 1.95 bits per heavy atom. The largest absolute Gasteiger partial charge is 0.343 e. The van der Waals surface area contributed by atoms with E-state index in [-0.39, 0.29) is 0 Å². The number of halogens is 1. The van der Waals surface area contributed by atoms with E-state index in [1.165, 1.54) is 18.4 Å². The zero-order valence-electron chi connectivity index (χ0n) is 12.4. The maximum atomic E-state index is 12.4. The lowest BCUT2D eigenvalue weighted by Crippen LogP contribution is -2.32. The zero-order valence-corrected chi connectivity index (χ0v) is 13.9. The number of hydrogen-bond acceptors (Lipinski definition) is 2. The molecule has 1 N–H and O–H groups in total. The number of fused-ring (bicyclic) bond motifs is 1. The average Bonchev–Trinajstić information content (AvgIpc) is 2.83. The van der Waals surface area contributed by atoms with Gasteiger partial charge in [0.05, 0.1) is 0 Å².